The van der Waals surface area contributed by atoms with E-state index in [1.54, 1.807) is 14.2 Å². The number of aromatic nitrogens is 1. The number of nitrogens with one attached hydrogen (secondary N) is 1. The maximum absolute atomic E-state index is 12.8. The van der Waals surface area contributed by atoms with Gasteiger partial charge in [0, 0.05) is 35.2 Å². The van der Waals surface area contributed by atoms with Crippen LogP contribution in [0.4, 0.5) is 0 Å². The summed E-state index contributed by atoms with van der Waals surface area (Å²) in [6, 6.07) is 17.4. The molecule has 0 spiro atoms. The summed E-state index contributed by atoms with van der Waals surface area (Å²) < 4.78 is 12.7. The van der Waals surface area contributed by atoms with Crippen LogP contribution in [0.15, 0.2) is 54.6 Å². The number of hydrogen-bond acceptors (Lipinski definition) is 3. The van der Waals surface area contributed by atoms with Gasteiger partial charge in [0.05, 0.1) is 19.8 Å². The molecule has 5 heteroatoms. The lowest BCUT2D eigenvalue weighted by Gasteiger charge is -2.12. The quantitative estimate of drug-likeness (QED) is 0.718. The lowest BCUT2D eigenvalue weighted by molar-refractivity contribution is 0.0950. The second-order valence-corrected chi connectivity index (χ2v) is 6.32. The number of aryl methyl sites for hydroxylation is 1. The van der Waals surface area contributed by atoms with Crippen molar-refractivity contribution in [3.8, 4) is 17.2 Å². The zero-order valence-electron chi connectivity index (χ0n) is 16.1. The molecule has 0 fully saturated rings. The minimum absolute atomic E-state index is 0.108. The van der Waals surface area contributed by atoms with Crippen LogP contribution in [0.1, 0.15) is 27.3 Å². The van der Waals surface area contributed by atoms with Gasteiger partial charge >= 0.3 is 0 Å². The van der Waals surface area contributed by atoms with E-state index in [1.165, 1.54) is 0 Å². The average molecular weight is 364 g/mol. The summed E-state index contributed by atoms with van der Waals surface area (Å²) in [6.07, 6.45) is 0. The molecule has 3 aromatic rings. The number of benzene rings is 2. The van der Waals surface area contributed by atoms with Gasteiger partial charge in [0.1, 0.15) is 11.5 Å². The summed E-state index contributed by atoms with van der Waals surface area (Å²) in [6.45, 7) is 4.35. The van der Waals surface area contributed by atoms with Crippen LogP contribution in [-0.4, -0.2) is 24.7 Å². The van der Waals surface area contributed by atoms with Gasteiger partial charge in [-0.3, -0.25) is 4.79 Å². The molecule has 0 aliphatic rings. The first-order valence-corrected chi connectivity index (χ1v) is 8.78. The van der Waals surface area contributed by atoms with E-state index in [-0.39, 0.29) is 5.91 Å². The van der Waals surface area contributed by atoms with E-state index in [9.17, 15) is 4.79 Å². The maximum Gasteiger partial charge on any atom is 0.253 e. The topological polar surface area (TPSA) is 52.5 Å². The SMILES string of the molecule is COc1cccc(-n2c(C)cc(C(=O)NCc3ccccc3OC)c2C)c1. The summed E-state index contributed by atoms with van der Waals surface area (Å²) in [4.78, 5) is 12.8. The molecule has 2 aromatic carbocycles. The van der Waals surface area contributed by atoms with Crippen LogP contribution in [0.3, 0.4) is 0 Å². The second-order valence-electron chi connectivity index (χ2n) is 6.32. The van der Waals surface area contributed by atoms with Crippen LogP contribution >= 0.6 is 0 Å². The van der Waals surface area contributed by atoms with Crippen LogP contribution in [-0.2, 0) is 6.54 Å². The van der Waals surface area contributed by atoms with Crippen molar-refractivity contribution in [2.45, 2.75) is 20.4 Å². The Hall–Kier alpha value is -3.21. The van der Waals surface area contributed by atoms with Crippen molar-refractivity contribution in [3.63, 3.8) is 0 Å². The van der Waals surface area contributed by atoms with Crippen molar-refractivity contribution < 1.29 is 14.3 Å². The molecule has 0 aliphatic carbocycles. The summed E-state index contributed by atoms with van der Waals surface area (Å²) >= 11 is 0. The molecule has 0 radical (unpaired) electrons. The van der Waals surface area contributed by atoms with E-state index < -0.39 is 0 Å². The zero-order chi connectivity index (χ0) is 19.4. The molecule has 1 N–H and O–H groups in total. The Morgan fingerprint density at radius 1 is 1.00 bits per heavy atom. The third kappa shape index (κ3) is 3.82. The molecule has 140 valence electrons. The number of para-hydroxylation sites is 1. The van der Waals surface area contributed by atoms with Gasteiger partial charge in [-0.25, -0.2) is 0 Å². The first kappa shape index (κ1) is 18.6. The number of nitrogens with zero attached hydrogens (tertiary/aromatic N) is 1. The predicted molar refractivity (Wildman–Crippen MR) is 106 cm³/mol. The lowest BCUT2D eigenvalue weighted by atomic mass is 10.2. The third-order valence-corrected chi connectivity index (χ3v) is 4.62. The highest BCUT2D eigenvalue weighted by Gasteiger charge is 2.17. The van der Waals surface area contributed by atoms with E-state index >= 15 is 0 Å². The van der Waals surface area contributed by atoms with Crippen molar-refractivity contribution in [1.82, 2.24) is 9.88 Å². The molecule has 0 saturated carbocycles. The van der Waals surface area contributed by atoms with E-state index in [1.807, 2.05) is 68.4 Å². The van der Waals surface area contributed by atoms with Gasteiger partial charge < -0.3 is 19.4 Å². The van der Waals surface area contributed by atoms with E-state index in [2.05, 4.69) is 9.88 Å². The molecule has 1 amide bonds. The van der Waals surface area contributed by atoms with Gasteiger partial charge in [0.25, 0.3) is 5.91 Å². The largest absolute Gasteiger partial charge is 0.497 e. The lowest BCUT2D eigenvalue weighted by Crippen LogP contribution is -2.23. The van der Waals surface area contributed by atoms with Gasteiger partial charge in [-0.05, 0) is 38.1 Å². The highest BCUT2D eigenvalue weighted by Crippen LogP contribution is 2.24. The fourth-order valence-corrected chi connectivity index (χ4v) is 3.26. The normalized spacial score (nSPS) is 10.5. The molecule has 27 heavy (non-hydrogen) atoms. The van der Waals surface area contributed by atoms with Crippen LogP contribution in [0.25, 0.3) is 5.69 Å². The number of ether oxygens (including phenoxy) is 2. The standard InChI is InChI=1S/C22H24N2O3/c1-15-12-20(16(2)24(15)18-9-7-10-19(13-18)26-3)22(25)23-14-17-8-5-6-11-21(17)27-4/h5-13H,14H2,1-4H3,(H,23,25). The third-order valence-electron chi connectivity index (χ3n) is 4.62. The minimum Gasteiger partial charge on any atom is -0.497 e. The Morgan fingerprint density at radius 3 is 2.52 bits per heavy atom. The molecule has 0 bridgehead atoms. The van der Waals surface area contributed by atoms with Crippen molar-refractivity contribution >= 4 is 5.91 Å². The average Bonchev–Trinajstić information content (AvgIpc) is 3.00. The predicted octanol–water partition coefficient (Wildman–Crippen LogP) is 4.04. The molecular formula is C22H24N2O3. The monoisotopic (exact) mass is 364 g/mol. The highest BCUT2D eigenvalue weighted by molar-refractivity contribution is 5.95. The Kier molecular flexibility index (Phi) is 5.50. The molecule has 1 aromatic heterocycles. The number of rotatable bonds is 6. The molecule has 5 nitrogen and oxygen atoms in total. The van der Waals surface area contributed by atoms with Gasteiger partial charge in [0.15, 0.2) is 0 Å². The first-order chi connectivity index (χ1) is 13.0. The van der Waals surface area contributed by atoms with Gasteiger partial charge in [-0.1, -0.05) is 24.3 Å². The number of carbonyl (C=O) groups is 1. The van der Waals surface area contributed by atoms with Crippen molar-refractivity contribution in [2.75, 3.05) is 14.2 Å². The molecule has 1 heterocycles. The van der Waals surface area contributed by atoms with E-state index in [0.717, 1.165) is 34.1 Å². The second kappa shape index (κ2) is 7.99. The zero-order valence-corrected chi connectivity index (χ0v) is 16.1. The Bertz CT molecular complexity index is 960. The minimum atomic E-state index is -0.108. The van der Waals surface area contributed by atoms with Crippen LogP contribution < -0.4 is 14.8 Å². The summed E-state index contributed by atoms with van der Waals surface area (Å²) in [5.74, 6) is 1.44. The van der Waals surface area contributed by atoms with Gasteiger partial charge in [-0.2, -0.15) is 0 Å². The van der Waals surface area contributed by atoms with Crippen LogP contribution in [0, 0.1) is 13.8 Å². The smallest absolute Gasteiger partial charge is 0.253 e. The number of hydrogen-bond donors (Lipinski definition) is 1. The fraction of sp³-hybridized carbons (Fsp3) is 0.227. The summed E-state index contributed by atoms with van der Waals surface area (Å²) in [5.41, 5.74) is 4.44. The van der Waals surface area contributed by atoms with Gasteiger partial charge in [0.2, 0.25) is 0 Å². The first-order valence-electron chi connectivity index (χ1n) is 8.78. The molecule has 0 saturated heterocycles. The molecule has 0 unspecified atom stereocenters. The molecule has 0 aliphatic heterocycles. The van der Waals surface area contributed by atoms with Crippen molar-refractivity contribution in [2.24, 2.45) is 0 Å². The number of methoxy groups -OCH3 is 2. The van der Waals surface area contributed by atoms with Crippen LogP contribution in [0.2, 0.25) is 0 Å². The molecule has 3 rings (SSSR count). The van der Waals surface area contributed by atoms with Crippen molar-refractivity contribution in [1.29, 1.82) is 0 Å². The highest BCUT2D eigenvalue weighted by atomic mass is 16.5. The molecular weight excluding hydrogens is 340 g/mol. The summed E-state index contributed by atoms with van der Waals surface area (Å²) in [5, 5.41) is 2.99. The Balaban J connectivity index is 1.84. The number of amides is 1. The van der Waals surface area contributed by atoms with E-state index in [4.69, 9.17) is 9.47 Å². The Labute approximate surface area is 159 Å². The maximum atomic E-state index is 12.8. The number of carbonyl (C=O) groups excluding carboxylic acids is 1. The fourth-order valence-electron chi connectivity index (χ4n) is 3.26. The summed E-state index contributed by atoms with van der Waals surface area (Å²) in [7, 11) is 3.27. The van der Waals surface area contributed by atoms with Crippen LogP contribution in [0.5, 0.6) is 11.5 Å². The van der Waals surface area contributed by atoms with Gasteiger partial charge in [-0.15, -0.1) is 0 Å². The van der Waals surface area contributed by atoms with E-state index in [0.29, 0.717) is 12.1 Å². The van der Waals surface area contributed by atoms with Crippen molar-refractivity contribution in [3.05, 3.63) is 77.1 Å². The molecule has 0 atom stereocenters. The Morgan fingerprint density at radius 2 is 1.78 bits per heavy atom.